The van der Waals surface area contributed by atoms with Crippen molar-refractivity contribution in [1.29, 1.82) is 0 Å². The Morgan fingerprint density at radius 3 is 2.21 bits per heavy atom. The minimum absolute atomic E-state index is 0.0448. The predicted octanol–water partition coefficient (Wildman–Crippen LogP) is 8.09. The molecule has 0 heterocycles. The summed E-state index contributed by atoms with van der Waals surface area (Å²) in [5.41, 5.74) is 4.18. The van der Waals surface area contributed by atoms with Crippen LogP contribution in [0.1, 0.15) is 96.9 Å². The van der Waals surface area contributed by atoms with Crippen LogP contribution in [0.2, 0.25) is 5.02 Å². The molecule has 188 valence electrons. The van der Waals surface area contributed by atoms with Crippen molar-refractivity contribution in [3.8, 4) is 11.5 Å². The molecule has 0 saturated carbocycles. The van der Waals surface area contributed by atoms with E-state index in [-0.39, 0.29) is 22.5 Å². The van der Waals surface area contributed by atoms with Crippen LogP contribution >= 0.6 is 11.6 Å². The molecule has 2 aromatic carbocycles. The zero-order chi connectivity index (χ0) is 25.8. The van der Waals surface area contributed by atoms with Crippen molar-refractivity contribution in [1.82, 2.24) is 0 Å². The quantitative estimate of drug-likeness (QED) is 0.333. The van der Waals surface area contributed by atoms with Crippen molar-refractivity contribution in [2.75, 3.05) is 5.32 Å². The Labute approximate surface area is 211 Å². The third-order valence-electron chi connectivity index (χ3n) is 7.42. The van der Waals surface area contributed by atoms with Gasteiger partial charge in [0.15, 0.2) is 6.10 Å². The number of amides is 1. The summed E-state index contributed by atoms with van der Waals surface area (Å²) < 4.78 is 6.34. The first-order valence-electron chi connectivity index (χ1n) is 12.5. The number of carbonyl (C=O) groups is 1. The molecule has 0 aliphatic carbocycles. The van der Waals surface area contributed by atoms with Crippen molar-refractivity contribution in [3.05, 3.63) is 51.5 Å². The Morgan fingerprint density at radius 1 is 1.06 bits per heavy atom. The fourth-order valence-corrected chi connectivity index (χ4v) is 4.39. The second-order valence-electron chi connectivity index (χ2n) is 10.4. The third kappa shape index (κ3) is 5.89. The smallest absolute Gasteiger partial charge is 0.265 e. The lowest BCUT2D eigenvalue weighted by atomic mass is 9.76. The van der Waals surface area contributed by atoms with Gasteiger partial charge in [0.25, 0.3) is 5.91 Å². The summed E-state index contributed by atoms with van der Waals surface area (Å²) in [6, 6.07) is 7.97. The molecule has 0 bridgehead atoms. The van der Waals surface area contributed by atoms with Crippen molar-refractivity contribution < 1.29 is 14.6 Å². The highest BCUT2D eigenvalue weighted by Crippen LogP contribution is 2.39. The maximum absolute atomic E-state index is 13.2. The average molecular weight is 488 g/mol. The lowest BCUT2D eigenvalue weighted by Gasteiger charge is -2.31. The predicted molar refractivity (Wildman–Crippen MR) is 144 cm³/mol. The summed E-state index contributed by atoms with van der Waals surface area (Å²) >= 11 is 6.39. The van der Waals surface area contributed by atoms with Gasteiger partial charge in [-0.25, -0.2) is 0 Å². The molecule has 0 radical (unpaired) electrons. The Balaban J connectivity index is 2.40. The molecule has 2 N–H and O–H groups in total. The molecule has 0 spiro atoms. The number of nitrogens with one attached hydrogen (secondary N) is 1. The zero-order valence-electron chi connectivity index (χ0n) is 22.4. The highest BCUT2D eigenvalue weighted by Gasteiger charge is 2.29. The molecule has 0 aliphatic rings. The first-order valence-corrected chi connectivity index (χ1v) is 12.8. The number of anilines is 1. The molecular formula is C29H42ClNO3. The molecule has 2 aromatic rings. The number of ether oxygens (including phenoxy) is 1. The van der Waals surface area contributed by atoms with E-state index in [1.165, 1.54) is 5.56 Å². The van der Waals surface area contributed by atoms with E-state index in [0.717, 1.165) is 29.7 Å². The van der Waals surface area contributed by atoms with Gasteiger partial charge in [-0.2, -0.15) is 0 Å². The van der Waals surface area contributed by atoms with Crippen LogP contribution in [0.3, 0.4) is 0 Å². The van der Waals surface area contributed by atoms with E-state index >= 15 is 0 Å². The van der Waals surface area contributed by atoms with Crippen LogP contribution in [0.4, 0.5) is 5.69 Å². The average Bonchev–Trinajstić information content (AvgIpc) is 2.80. The molecule has 1 unspecified atom stereocenters. The highest BCUT2D eigenvalue weighted by molar-refractivity contribution is 6.32. The second kappa shape index (κ2) is 11.0. The van der Waals surface area contributed by atoms with Crippen LogP contribution in [0.5, 0.6) is 11.5 Å². The lowest BCUT2D eigenvalue weighted by molar-refractivity contribution is -0.122. The summed E-state index contributed by atoms with van der Waals surface area (Å²) in [5.74, 6) is 0.461. The van der Waals surface area contributed by atoms with E-state index in [0.29, 0.717) is 29.1 Å². The lowest BCUT2D eigenvalue weighted by Crippen LogP contribution is -2.33. The number of phenolic OH excluding ortho intramolecular Hbond substituents is 1. The number of phenols is 1. The minimum atomic E-state index is -0.708. The van der Waals surface area contributed by atoms with Gasteiger partial charge >= 0.3 is 0 Å². The fraction of sp³-hybridized carbons (Fsp3) is 0.552. The molecule has 1 amide bonds. The maximum atomic E-state index is 13.2. The van der Waals surface area contributed by atoms with Crippen LogP contribution in [0, 0.1) is 6.92 Å². The fourth-order valence-electron chi connectivity index (χ4n) is 4.00. The van der Waals surface area contributed by atoms with Crippen LogP contribution in [-0.2, 0) is 22.0 Å². The SMILES string of the molecule is CCc1c(Cl)cc(NC(=O)C(CC)Oc2ccc(C(C)(C)CC)cc2C(C)(C)CC)c(O)c1C. The molecule has 2 rings (SSSR count). The van der Waals surface area contributed by atoms with Crippen LogP contribution in [0.15, 0.2) is 24.3 Å². The van der Waals surface area contributed by atoms with Crippen molar-refractivity contribution in [2.45, 2.75) is 105 Å². The summed E-state index contributed by atoms with van der Waals surface area (Å²) in [6.07, 6.45) is 2.45. The maximum Gasteiger partial charge on any atom is 0.265 e. The first-order chi connectivity index (χ1) is 15.8. The van der Waals surface area contributed by atoms with E-state index in [9.17, 15) is 9.90 Å². The molecule has 0 fully saturated rings. The molecule has 0 aliphatic heterocycles. The standard InChI is InChI=1S/C29H42ClNO3/c1-10-20-18(5)26(32)23(17-22(20)30)31-27(33)24(11-2)34-25-15-14-19(28(6,7)12-3)16-21(25)29(8,9)13-4/h14-17,24,32H,10-13H2,1-9H3,(H,31,33). The molecular weight excluding hydrogens is 446 g/mol. The molecule has 5 heteroatoms. The number of benzene rings is 2. The Kier molecular flexibility index (Phi) is 9.10. The van der Waals surface area contributed by atoms with Gasteiger partial charge in [0.2, 0.25) is 0 Å². The summed E-state index contributed by atoms with van der Waals surface area (Å²) in [7, 11) is 0. The van der Waals surface area contributed by atoms with Gasteiger partial charge in [0, 0.05) is 10.6 Å². The van der Waals surface area contributed by atoms with Gasteiger partial charge in [-0.05, 0) is 72.3 Å². The van der Waals surface area contributed by atoms with Crippen molar-refractivity contribution in [2.24, 2.45) is 0 Å². The zero-order valence-corrected chi connectivity index (χ0v) is 23.1. The van der Waals surface area contributed by atoms with Crippen molar-refractivity contribution >= 4 is 23.2 Å². The third-order valence-corrected chi connectivity index (χ3v) is 7.76. The second-order valence-corrected chi connectivity index (χ2v) is 10.8. The number of halogens is 1. The minimum Gasteiger partial charge on any atom is -0.505 e. The van der Waals surface area contributed by atoms with E-state index in [2.05, 4.69) is 59.0 Å². The van der Waals surface area contributed by atoms with Gasteiger partial charge in [0.1, 0.15) is 11.5 Å². The largest absolute Gasteiger partial charge is 0.505 e. The van der Waals surface area contributed by atoms with E-state index in [4.69, 9.17) is 16.3 Å². The van der Waals surface area contributed by atoms with Gasteiger partial charge in [-0.1, -0.05) is 79.1 Å². The van der Waals surface area contributed by atoms with Gasteiger partial charge in [0.05, 0.1) is 5.69 Å². The highest BCUT2D eigenvalue weighted by atomic mass is 35.5. The Bertz CT molecular complexity index is 1030. The molecule has 34 heavy (non-hydrogen) atoms. The molecule has 4 nitrogen and oxygen atoms in total. The Hall–Kier alpha value is -2.20. The molecule has 0 aromatic heterocycles. The summed E-state index contributed by atoms with van der Waals surface area (Å²) in [4.78, 5) is 13.2. The van der Waals surface area contributed by atoms with Crippen LogP contribution in [0.25, 0.3) is 0 Å². The molecule has 1 atom stereocenters. The van der Waals surface area contributed by atoms with Gasteiger partial charge in [-0.15, -0.1) is 0 Å². The molecule has 0 saturated heterocycles. The van der Waals surface area contributed by atoms with E-state index in [1.807, 2.05) is 26.8 Å². The first kappa shape index (κ1) is 28.0. The van der Waals surface area contributed by atoms with Crippen LogP contribution < -0.4 is 10.1 Å². The summed E-state index contributed by atoms with van der Waals surface area (Å²) in [6.45, 7) is 19.0. The van der Waals surface area contributed by atoms with E-state index in [1.54, 1.807) is 6.07 Å². The topological polar surface area (TPSA) is 58.6 Å². The monoisotopic (exact) mass is 487 g/mol. The number of carbonyl (C=O) groups excluding carboxylic acids is 1. The summed E-state index contributed by atoms with van der Waals surface area (Å²) in [5, 5.41) is 14.0. The van der Waals surface area contributed by atoms with Crippen LogP contribution in [-0.4, -0.2) is 17.1 Å². The Morgan fingerprint density at radius 2 is 1.68 bits per heavy atom. The number of hydrogen-bond acceptors (Lipinski definition) is 3. The van der Waals surface area contributed by atoms with Crippen molar-refractivity contribution in [3.63, 3.8) is 0 Å². The van der Waals surface area contributed by atoms with E-state index < -0.39 is 6.10 Å². The van der Waals surface area contributed by atoms with Gasteiger partial charge < -0.3 is 15.2 Å². The number of rotatable bonds is 10. The number of aromatic hydroxyl groups is 1. The number of hydrogen-bond donors (Lipinski definition) is 2. The van der Waals surface area contributed by atoms with Gasteiger partial charge in [-0.3, -0.25) is 4.79 Å². The normalized spacial score (nSPS) is 13.0.